The van der Waals surface area contributed by atoms with Gasteiger partial charge in [0.05, 0.1) is 0 Å². The van der Waals surface area contributed by atoms with Gasteiger partial charge in [0, 0.05) is 31.0 Å². The second-order valence-electron chi connectivity index (χ2n) is 4.10. The lowest BCUT2D eigenvalue weighted by Gasteiger charge is -2.25. The van der Waals surface area contributed by atoms with Gasteiger partial charge in [-0.05, 0) is 23.8 Å². The van der Waals surface area contributed by atoms with Crippen LogP contribution in [-0.2, 0) is 4.79 Å². The van der Waals surface area contributed by atoms with E-state index in [1.54, 1.807) is 7.05 Å². The molecule has 1 heterocycles. The minimum atomic E-state index is 0.0935. The van der Waals surface area contributed by atoms with Crippen LogP contribution in [0, 0.1) is 0 Å². The molecule has 17 heavy (non-hydrogen) atoms. The fraction of sp³-hybridized carbons (Fsp3) is 0.462. The van der Waals surface area contributed by atoms with Gasteiger partial charge in [0.15, 0.2) is 0 Å². The summed E-state index contributed by atoms with van der Waals surface area (Å²) in [4.78, 5) is 12.5. The van der Waals surface area contributed by atoms with Crippen molar-refractivity contribution < 1.29 is 4.79 Å². The second-order valence-corrected chi connectivity index (χ2v) is 5.24. The van der Waals surface area contributed by atoms with Crippen molar-refractivity contribution in [3.05, 3.63) is 29.8 Å². The maximum absolute atomic E-state index is 11.1. The molecule has 0 saturated heterocycles. The second kappa shape index (κ2) is 6.07. The number of thioether (sulfide) groups is 1. The van der Waals surface area contributed by atoms with Crippen molar-refractivity contribution in [2.75, 3.05) is 19.3 Å². The molecule has 0 radical (unpaired) electrons. The highest BCUT2D eigenvalue weighted by Gasteiger charge is 2.19. The molecular weight excluding hydrogens is 232 g/mol. The Morgan fingerprint density at radius 1 is 1.47 bits per heavy atom. The molecule has 1 unspecified atom stereocenters. The third-order valence-electron chi connectivity index (χ3n) is 2.98. The SMILES string of the molecule is CNC(=O)CCNC1CCSc2ccccc21. The molecule has 1 aromatic carbocycles. The molecule has 1 atom stereocenters. The molecule has 1 amide bonds. The van der Waals surface area contributed by atoms with Crippen LogP contribution in [0.4, 0.5) is 0 Å². The fourth-order valence-electron chi connectivity index (χ4n) is 2.04. The Labute approximate surface area is 106 Å². The zero-order valence-corrected chi connectivity index (χ0v) is 10.8. The van der Waals surface area contributed by atoms with Crippen LogP contribution < -0.4 is 10.6 Å². The first kappa shape index (κ1) is 12.5. The Morgan fingerprint density at radius 3 is 3.12 bits per heavy atom. The molecule has 2 N–H and O–H groups in total. The number of carbonyl (C=O) groups excluding carboxylic acids is 1. The Morgan fingerprint density at radius 2 is 2.29 bits per heavy atom. The number of benzene rings is 1. The maximum Gasteiger partial charge on any atom is 0.221 e. The largest absolute Gasteiger partial charge is 0.359 e. The number of nitrogens with one attached hydrogen (secondary N) is 2. The van der Waals surface area contributed by atoms with Gasteiger partial charge in [-0.15, -0.1) is 11.8 Å². The van der Waals surface area contributed by atoms with Crippen molar-refractivity contribution in [3.8, 4) is 0 Å². The standard InChI is InChI=1S/C13H18N2OS/c1-14-13(16)6-8-15-11-7-9-17-12-5-3-2-4-10(11)12/h2-5,11,15H,6-9H2,1H3,(H,14,16). The summed E-state index contributed by atoms with van der Waals surface area (Å²) in [5.74, 6) is 1.24. The molecule has 1 aromatic rings. The van der Waals surface area contributed by atoms with Crippen LogP contribution in [0.5, 0.6) is 0 Å². The van der Waals surface area contributed by atoms with E-state index in [-0.39, 0.29) is 5.91 Å². The van der Waals surface area contributed by atoms with Crippen LogP contribution in [0.1, 0.15) is 24.4 Å². The van der Waals surface area contributed by atoms with Gasteiger partial charge in [-0.25, -0.2) is 0 Å². The van der Waals surface area contributed by atoms with Crippen molar-refractivity contribution in [2.45, 2.75) is 23.8 Å². The van der Waals surface area contributed by atoms with E-state index in [9.17, 15) is 4.79 Å². The lowest BCUT2D eigenvalue weighted by atomic mass is 10.0. The first-order valence-electron chi connectivity index (χ1n) is 5.97. The van der Waals surface area contributed by atoms with E-state index < -0.39 is 0 Å². The Kier molecular flexibility index (Phi) is 4.45. The Bertz CT molecular complexity index is 395. The van der Waals surface area contributed by atoms with Crippen molar-refractivity contribution in [2.24, 2.45) is 0 Å². The van der Waals surface area contributed by atoms with Gasteiger partial charge in [0.2, 0.25) is 5.91 Å². The van der Waals surface area contributed by atoms with Crippen LogP contribution in [0.25, 0.3) is 0 Å². The zero-order chi connectivity index (χ0) is 12.1. The summed E-state index contributed by atoms with van der Waals surface area (Å²) in [5.41, 5.74) is 1.38. The molecule has 0 aliphatic carbocycles. The van der Waals surface area contributed by atoms with Gasteiger partial charge < -0.3 is 10.6 Å². The number of amides is 1. The molecule has 92 valence electrons. The summed E-state index contributed by atoms with van der Waals surface area (Å²) >= 11 is 1.92. The molecule has 0 spiro atoms. The average Bonchev–Trinajstić information content (AvgIpc) is 2.39. The van der Waals surface area contributed by atoms with Crippen molar-refractivity contribution in [3.63, 3.8) is 0 Å². The highest BCUT2D eigenvalue weighted by molar-refractivity contribution is 7.99. The van der Waals surface area contributed by atoms with Crippen LogP contribution in [0.2, 0.25) is 0 Å². The van der Waals surface area contributed by atoms with E-state index in [1.807, 2.05) is 11.8 Å². The average molecular weight is 250 g/mol. The molecular formula is C13H18N2OS. The molecule has 3 nitrogen and oxygen atoms in total. The summed E-state index contributed by atoms with van der Waals surface area (Å²) in [7, 11) is 1.68. The highest BCUT2D eigenvalue weighted by Crippen LogP contribution is 2.35. The molecule has 2 rings (SSSR count). The lowest BCUT2D eigenvalue weighted by Crippen LogP contribution is -2.29. The first-order chi connectivity index (χ1) is 8.31. The number of hydrogen-bond acceptors (Lipinski definition) is 3. The summed E-state index contributed by atoms with van der Waals surface area (Å²) in [5, 5.41) is 6.11. The van der Waals surface area contributed by atoms with Crippen LogP contribution in [0.3, 0.4) is 0 Å². The minimum Gasteiger partial charge on any atom is -0.359 e. The summed E-state index contributed by atoms with van der Waals surface area (Å²) in [6, 6.07) is 8.92. The number of carbonyl (C=O) groups is 1. The smallest absolute Gasteiger partial charge is 0.221 e. The molecule has 4 heteroatoms. The van der Waals surface area contributed by atoms with Gasteiger partial charge in [-0.2, -0.15) is 0 Å². The highest BCUT2D eigenvalue weighted by atomic mass is 32.2. The van der Waals surface area contributed by atoms with E-state index in [4.69, 9.17) is 0 Å². The van der Waals surface area contributed by atoms with Crippen LogP contribution in [0.15, 0.2) is 29.2 Å². The summed E-state index contributed by atoms with van der Waals surface area (Å²) < 4.78 is 0. The van der Waals surface area contributed by atoms with Gasteiger partial charge in [0.1, 0.15) is 0 Å². The molecule has 0 bridgehead atoms. The van der Waals surface area contributed by atoms with E-state index >= 15 is 0 Å². The van der Waals surface area contributed by atoms with Gasteiger partial charge in [-0.1, -0.05) is 18.2 Å². The lowest BCUT2D eigenvalue weighted by molar-refractivity contribution is -0.120. The molecule has 1 aliphatic rings. The van der Waals surface area contributed by atoms with Crippen molar-refractivity contribution in [1.29, 1.82) is 0 Å². The monoisotopic (exact) mass is 250 g/mol. The van der Waals surface area contributed by atoms with E-state index in [0.29, 0.717) is 12.5 Å². The predicted molar refractivity (Wildman–Crippen MR) is 71.2 cm³/mol. The van der Waals surface area contributed by atoms with Gasteiger partial charge in [0.25, 0.3) is 0 Å². The number of rotatable bonds is 4. The number of hydrogen-bond donors (Lipinski definition) is 2. The third kappa shape index (κ3) is 3.23. The van der Waals surface area contributed by atoms with Gasteiger partial charge in [-0.3, -0.25) is 4.79 Å². The Hall–Kier alpha value is -1.00. The molecule has 0 saturated carbocycles. The minimum absolute atomic E-state index is 0.0935. The van der Waals surface area contributed by atoms with Gasteiger partial charge >= 0.3 is 0 Å². The predicted octanol–water partition coefficient (Wildman–Crippen LogP) is 1.95. The third-order valence-corrected chi connectivity index (χ3v) is 4.10. The van der Waals surface area contributed by atoms with Crippen LogP contribution in [-0.4, -0.2) is 25.3 Å². The molecule has 1 aliphatic heterocycles. The molecule has 0 aromatic heterocycles. The Balaban J connectivity index is 1.92. The quantitative estimate of drug-likeness (QED) is 0.858. The summed E-state index contributed by atoms with van der Waals surface area (Å²) in [6.07, 6.45) is 1.68. The topological polar surface area (TPSA) is 41.1 Å². The van der Waals surface area contributed by atoms with E-state index in [2.05, 4.69) is 34.9 Å². The van der Waals surface area contributed by atoms with E-state index in [0.717, 1.165) is 18.7 Å². The summed E-state index contributed by atoms with van der Waals surface area (Å²) in [6.45, 7) is 0.739. The normalized spacial score (nSPS) is 18.5. The number of fused-ring (bicyclic) bond motifs is 1. The van der Waals surface area contributed by atoms with E-state index in [1.165, 1.54) is 10.5 Å². The van der Waals surface area contributed by atoms with Crippen molar-refractivity contribution >= 4 is 17.7 Å². The molecule has 0 fully saturated rings. The van der Waals surface area contributed by atoms with Crippen LogP contribution >= 0.6 is 11.8 Å². The zero-order valence-electron chi connectivity index (χ0n) is 10.0. The first-order valence-corrected chi connectivity index (χ1v) is 6.95. The maximum atomic E-state index is 11.1. The van der Waals surface area contributed by atoms with Crippen molar-refractivity contribution in [1.82, 2.24) is 10.6 Å². The fourth-order valence-corrected chi connectivity index (χ4v) is 3.16.